The highest BCUT2D eigenvalue weighted by molar-refractivity contribution is 7.18. The van der Waals surface area contributed by atoms with Gasteiger partial charge in [-0.3, -0.25) is 0 Å². The van der Waals surface area contributed by atoms with Gasteiger partial charge in [-0.1, -0.05) is 24.3 Å². The molecule has 0 saturated carbocycles. The summed E-state index contributed by atoms with van der Waals surface area (Å²) in [6, 6.07) is 15.9. The van der Waals surface area contributed by atoms with Crippen molar-refractivity contribution in [3.8, 4) is 0 Å². The zero-order valence-corrected chi connectivity index (χ0v) is 15.2. The smallest absolute Gasteiger partial charge is 0.317 e. The second-order valence-electron chi connectivity index (χ2n) is 5.67. The Morgan fingerprint density at radius 1 is 0.960 bits per heavy atom. The average Bonchev–Trinajstić information content (AvgIpc) is 3.22. The van der Waals surface area contributed by atoms with Crippen LogP contribution in [0.3, 0.4) is 0 Å². The molecule has 0 saturated heterocycles. The highest BCUT2D eigenvalue weighted by Crippen LogP contribution is 2.23. The van der Waals surface area contributed by atoms with Crippen LogP contribution >= 0.6 is 22.7 Å². The number of aromatic nitrogens is 2. The van der Waals surface area contributed by atoms with Gasteiger partial charge in [0.2, 0.25) is 0 Å². The summed E-state index contributed by atoms with van der Waals surface area (Å²) >= 11 is 3.22. The molecule has 0 fully saturated rings. The van der Waals surface area contributed by atoms with Crippen LogP contribution in [0.25, 0.3) is 20.4 Å². The van der Waals surface area contributed by atoms with Crippen molar-refractivity contribution in [1.29, 1.82) is 0 Å². The summed E-state index contributed by atoms with van der Waals surface area (Å²) in [5.41, 5.74) is 1.95. The van der Waals surface area contributed by atoms with Crippen molar-refractivity contribution in [2.45, 2.75) is 13.1 Å². The van der Waals surface area contributed by atoms with Gasteiger partial charge in [-0.25, -0.2) is 14.8 Å². The molecule has 0 spiro atoms. The van der Waals surface area contributed by atoms with Crippen LogP contribution in [-0.4, -0.2) is 27.9 Å². The number of benzene rings is 2. The van der Waals surface area contributed by atoms with Crippen LogP contribution in [0.5, 0.6) is 0 Å². The van der Waals surface area contributed by atoms with E-state index in [2.05, 4.69) is 15.3 Å². The fourth-order valence-corrected chi connectivity index (χ4v) is 4.47. The summed E-state index contributed by atoms with van der Waals surface area (Å²) in [5.74, 6) is 0. The molecule has 0 bridgehead atoms. The Morgan fingerprint density at radius 2 is 1.52 bits per heavy atom. The lowest BCUT2D eigenvalue weighted by Gasteiger charge is -2.15. The van der Waals surface area contributed by atoms with Gasteiger partial charge in [0.1, 0.15) is 10.0 Å². The molecule has 2 aromatic carbocycles. The number of thiazole rings is 2. The van der Waals surface area contributed by atoms with Crippen LogP contribution in [0.15, 0.2) is 48.5 Å². The number of carbonyl (C=O) groups is 1. The van der Waals surface area contributed by atoms with Gasteiger partial charge in [0, 0.05) is 7.05 Å². The van der Waals surface area contributed by atoms with Gasteiger partial charge in [0.25, 0.3) is 0 Å². The molecule has 2 amide bonds. The Kier molecular flexibility index (Phi) is 4.33. The Morgan fingerprint density at radius 3 is 2.16 bits per heavy atom. The number of carbonyl (C=O) groups excluding carboxylic acids is 1. The number of fused-ring (bicyclic) bond motifs is 2. The Hall–Kier alpha value is -2.51. The monoisotopic (exact) mass is 368 g/mol. The molecule has 0 aliphatic carbocycles. The highest BCUT2D eigenvalue weighted by Gasteiger charge is 2.13. The van der Waals surface area contributed by atoms with E-state index in [4.69, 9.17) is 0 Å². The van der Waals surface area contributed by atoms with Crippen molar-refractivity contribution in [3.05, 3.63) is 58.5 Å². The standard InChI is InChI=1S/C18H16N4OS2/c1-22(11-17-21-13-7-3-5-9-15(13)25-17)18(23)19-10-16-20-12-6-2-4-8-14(12)24-16/h2-9H,10-11H2,1H3,(H,19,23). The minimum Gasteiger partial charge on any atom is -0.331 e. The predicted octanol–water partition coefficient (Wildman–Crippen LogP) is 4.25. The van der Waals surface area contributed by atoms with Gasteiger partial charge in [0.15, 0.2) is 0 Å². The van der Waals surface area contributed by atoms with E-state index in [0.717, 1.165) is 30.4 Å². The summed E-state index contributed by atoms with van der Waals surface area (Å²) in [4.78, 5) is 23.1. The third-order valence-electron chi connectivity index (χ3n) is 3.79. The van der Waals surface area contributed by atoms with Crippen molar-refractivity contribution < 1.29 is 4.79 Å². The molecular weight excluding hydrogens is 352 g/mol. The number of rotatable bonds is 4. The zero-order valence-electron chi connectivity index (χ0n) is 13.6. The fraction of sp³-hybridized carbons (Fsp3) is 0.167. The molecule has 2 heterocycles. The number of nitrogens with zero attached hydrogens (tertiary/aromatic N) is 3. The summed E-state index contributed by atoms with van der Waals surface area (Å²) < 4.78 is 2.27. The van der Waals surface area contributed by atoms with Crippen molar-refractivity contribution >= 4 is 49.1 Å². The molecule has 0 aliphatic heterocycles. The fourth-order valence-electron chi connectivity index (χ4n) is 2.54. The first kappa shape index (κ1) is 16.0. The van der Waals surface area contributed by atoms with Crippen molar-refractivity contribution in [2.75, 3.05) is 7.05 Å². The number of para-hydroxylation sites is 2. The minimum atomic E-state index is -0.126. The van der Waals surface area contributed by atoms with Gasteiger partial charge < -0.3 is 10.2 Å². The first-order valence-corrected chi connectivity index (χ1v) is 9.50. The molecule has 0 aliphatic rings. The van der Waals surface area contributed by atoms with Crippen LogP contribution < -0.4 is 5.32 Å². The van der Waals surface area contributed by atoms with Gasteiger partial charge >= 0.3 is 6.03 Å². The first-order valence-electron chi connectivity index (χ1n) is 7.87. The Balaban J connectivity index is 1.38. The summed E-state index contributed by atoms with van der Waals surface area (Å²) in [6.07, 6.45) is 0. The average molecular weight is 368 g/mol. The number of amides is 2. The lowest BCUT2D eigenvalue weighted by molar-refractivity contribution is 0.206. The van der Waals surface area contributed by atoms with Gasteiger partial charge in [-0.15, -0.1) is 22.7 Å². The zero-order chi connectivity index (χ0) is 17.2. The van der Waals surface area contributed by atoms with E-state index in [9.17, 15) is 4.79 Å². The molecular formula is C18H16N4OS2. The molecule has 7 heteroatoms. The third-order valence-corrected chi connectivity index (χ3v) is 5.84. The number of nitrogens with one attached hydrogen (secondary N) is 1. The molecule has 0 unspecified atom stereocenters. The van der Waals surface area contributed by atoms with Crippen LogP contribution in [0.4, 0.5) is 4.79 Å². The van der Waals surface area contributed by atoms with E-state index >= 15 is 0 Å². The summed E-state index contributed by atoms with van der Waals surface area (Å²) in [7, 11) is 1.78. The van der Waals surface area contributed by atoms with Crippen molar-refractivity contribution in [2.24, 2.45) is 0 Å². The Bertz CT molecular complexity index is 974. The van der Waals surface area contributed by atoms with Gasteiger partial charge in [-0.05, 0) is 24.3 Å². The lowest BCUT2D eigenvalue weighted by atomic mass is 10.3. The molecule has 2 aromatic heterocycles. The van der Waals surface area contributed by atoms with Crippen molar-refractivity contribution in [3.63, 3.8) is 0 Å². The number of urea groups is 1. The highest BCUT2D eigenvalue weighted by atomic mass is 32.1. The van der Waals surface area contributed by atoms with Crippen molar-refractivity contribution in [1.82, 2.24) is 20.2 Å². The predicted molar refractivity (Wildman–Crippen MR) is 103 cm³/mol. The molecule has 25 heavy (non-hydrogen) atoms. The molecule has 4 rings (SSSR count). The molecule has 5 nitrogen and oxygen atoms in total. The molecule has 4 aromatic rings. The maximum atomic E-state index is 12.3. The second-order valence-corrected chi connectivity index (χ2v) is 7.90. The van der Waals surface area contributed by atoms with E-state index in [1.807, 2.05) is 48.5 Å². The normalized spacial score (nSPS) is 11.1. The Labute approximate surface area is 153 Å². The largest absolute Gasteiger partial charge is 0.331 e. The number of hydrogen-bond donors (Lipinski definition) is 1. The topological polar surface area (TPSA) is 58.1 Å². The summed E-state index contributed by atoms with van der Waals surface area (Å²) in [5, 5.41) is 4.76. The number of hydrogen-bond acceptors (Lipinski definition) is 5. The maximum absolute atomic E-state index is 12.3. The molecule has 0 radical (unpaired) electrons. The lowest BCUT2D eigenvalue weighted by Crippen LogP contribution is -2.36. The molecule has 0 atom stereocenters. The van der Waals surface area contributed by atoms with E-state index in [1.165, 1.54) is 0 Å². The second kappa shape index (κ2) is 6.78. The van der Waals surface area contributed by atoms with Crippen LogP contribution in [0.2, 0.25) is 0 Å². The van der Waals surface area contributed by atoms with Gasteiger partial charge in [-0.2, -0.15) is 0 Å². The molecule has 1 N–H and O–H groups in total. The minimum absolute atomic E-state index is 0.126. The molecule has 126 valence electrons. The van der Waals surface area contributed by atoms with Crippen LogP contribution in [0, 0.1) is 0 Å². The quantitative estimate of drug-likeness (QED) is 0.586. The van der Waals surface area contributed by atoms with Crippen LogP contribution in [-0.2, 0) is 13.1 Å². The van der Waals surface area contributed by atoms with E-state index in [-0.39, 0.29) is 6.03 Å². The van der Waals surface area contributed by atoms with E-state index in [0.29, 0.717) is 13.1 Å². The third kappa shape index (κ3) is 3.47. The van der Waals surface area contributed by atoms with Gasteiger partial charge in [0.05, 0.1) is 33.5 Å². The van der Waals surface area contributed by atoms with Crippen LogP contribution in [0.1, 0.15) is 10.0 Å². The first-order chi connectivity index (χ1) is 12.2. The summed E-state index contributed by atoms with van der Waals surface area (Å²) in [6.45, 7) is 0.924. The maximum Gasteiger partial charge on any atom is 0.317 e. The van der Waals surface area contributed by atoms with E-state index < -0.39 is 0 Å². The van der Waals surface area contributed by atoms with E-state index in [1.54, 1.807) is 34.6 Å². The SMILES string of the molecule is CN(Cc1nc2ccccc2s1)C(=O)NCc1nc2ccccc2s1.